The molecule has 1 saturated heterocycles. The quantitative estimate of drug-likeness (QED) is 0.761. The molecule has 0 aromatic carbocycles. The van der Waals surface area contributed by atoms with Gasteiger partial charge in [-0.3, -0.25) is 0 Å². The van der Waals surface area contributed by atoms with Crippen molar-refractivity contribution in [1.82, 2.24) is 4.90 Å². The number of aliphatic hydroxyl groups excluding tert-OH is 2. The highest BCUT2D eigenvalue weighted by Crippen LogP contribution is 2.23. The molecule has 1 aliphatic heterocycles. The molecule has 0 aliphatic carbocycles. The van der Waals surface area contributed by atoms with Crippen molar-refractivity contribution < 1.29 is 19.7 Å². The highest BCUT2D eigenvalue weighted by atomic mass is 16.6. The summed E-state index contributed by atoms with van der Waals surface area (Å²) in [4.78, 5) is 13.5. The number of aliphatic hydroxyl groups is 2. The topological polar surface area (TPSA) is 70.0 Å². The van der Waals surface area contributed by atoms with Crippen molar-refractivity contribution >= 4 is 6.09 Å². The van der Waals surface area contributed by atoms with Crippen molar-refractivity contribution in [1.29, 1.82) is 0 Å². The molecule has 5 nitrogen and oxygen atoms in total. The Bertz CT molecular complexity index is 262. The Morgan fingerprint density at radius 1 is 1.29 bits per heavy atom. The highest BCUT2D eigenvalue weighted by molar-refractivity contribution is 5.68. The minimum atomic E-state index is -0.538. The van der Waals surface area contributed by atoms with Crippen LogP contribution in [0, 0.1) is 5.92 Å². The fourth-order valence-corrected chi connectivity index (χ4v) is 1.99. The summed E-state index contributed by atoms with van der Waals surface area (Å²) in [6.45, 7) is 5.90. The van der Waals surface area contributed by atoms with Crippen LogP contribution in [0.15, 0.2) is 0 Å². The number of hydrogen-bond donors (Lipinski definition) is 2. The van der Waals surface area contributed by atoms with E-state index in [9.17, 15) is 9.90 Å². The lowest BCUT2D eigenvalue weighted by atomic mass is 9.94. The Labute approximate surface area is 102 Å². The minimum absolute atomic E-state index is 0.0581. The summed E-state index contributed by atoms with van der Waals surface area (Å²) in [5, 5.41) is 18.4. The number of likely N-dealkylation sites (tertiary alicyclic amines) is 1. The molecule has 0 spiro atoms. The smallest absolute Gasteiger partial charge is 0.410 e. The highest BCUT2D eigenvalue weighted by Gasteiger charge is 2.33. The Kier molecular flexibility index (Phi) is 4.77. The number of carbonyl (C=O) groups is 1. The molecule has 2 unspecified atom stereocenters. The summed E-state index contributed by atoms with van der Waals surface area (Å²) < 4.78 is 5.30. The van der Waals surface area contributed by atoms with E-state index in [4.69, 9.17) is 9.84 Å². The summed E-state index contributed by atoms with van der Waals surface area (Å²) in [6.07, 6.45) is 1.14. The average Bonchev–Trinajstić information content (AvgIpc) is 2.25. The van der Waals surface area contributed by atoms with Gasteiger partial charge in [-0.2, -0.15) is 0 Å². The molecule has 1 amide bonds. The molecule has 0 aromatic rings. The second-order valence-electron chi connectivity index (χ2n) is 5.60. The second-order valence-corrected chi connectivity index (χ2v) is 5.60. The molecule has 17 heavy (non-hydrogen) atoms. The molecule has 2 atom stereocenters. The molecule has 0 saturated carbocycles. The van der Waals surface area contributed by atoms with Gasteiger partial charge in [0.2, 0.25) is 0 Å². The van der Waals surface area contributed by atoms with Gasteiger partial charge in [-0.1, -0.05) is 0 Å². The van der Waals surface area contributed by atoms with Crippen LogP contribution in [0.3, 0.4) is 0 Å². The Morgan fingerprint density at radius 2 is 1.94 bits per heavy atom. The molecule has 100 valence electrons. The number of piperidine rings is 1. The molecule has 1 aliphatic rings. The van der Waals surface area contributed by atoms with Crippen LogP contribution >= 0.6 is 0 Å². The second kappa shape index (κ2) is 5.69. The van der Waals surface area contributed by atoms with Crippen molar-refractivity contribution in [3.05, 3.63) is 0 Å². The first-order valence-corrected chi connectivity index (χ1v) is 6.08. The fraction of sp³-hybridized carbons (Fsp3) is 0.917. The average molecular weight is 245 g/mol. The number of hydrogen-bond acceptors (Lipinski definition) is 4. The van der Waals surface area contributed by atoms with Gasteiger partial charge in [0, 0.05) is 13.2 Å². The summed E-state index contributed by atoms with van der Waals surface area (Å²) in [6, 6.07) is -0.187. The maximum atomic E-state index is 12.0. The molecular formula is C12H23NO4. The summed E-state index contributed by atoms with van der Waals surface area (Å²) in [5.41, 5.74) is -0.538. The van der Waals surface area contributed by atoms with Gasteiger partial charge in [0.15, 0.2) is 0 Å². The van der Waals surface area contributed by atoms with E-state index < -0.39 is 11.7 Å². The van der Waals surface area contributed by atoms with Gasteiger partial charge in [0.25, 0.3) is 0 Å². The predicted octanol–water partition coefficient (Wildman–Crippen LogP) is 0.987. The summed E-state index contributed by atoms with van der Waals surface area (Å²) in [7, 11) is 0. The Hall–Kier alpha value is -0.810. The van der Waals surface area contributed by atoms with Crippen LogP contribution in [0.1, 0.15) is 33.6 Å². The van der Waals surface area contributed by atoms with E-state index in [1.165, 1.54) is 4.90 Å². The molecule has 0 bridgehead atoms. The summed E-state index contributed by atoms with van der Waals surface area (Å²) in [5.74, 6) is 0.0883. The van der Waals surface area contributed by atoms with Crippen LogP contribution < -0.4 is 0 Å². The molecule has 1 rings (SSSR count). The van der Waals surface area contributed by atoms with Crippen molar-refractivity contribution in [2.75, 3.05) is 19.8 Å². The zero-order chi connectivity index (χ0) is 13.1. The lowest BCUT2D eigenvalue weighted by molar-refractivity contribution is -0.0108. The third-order valence-electron chi connectivity index (χ3n) is 2.90. The Balaban J connectivity index is 2.66. The number of nitrogens with zero attached hydrogens (tertiary/aromatic N) is 1. The van der Waals surface area contributed by atoms with E-state index in [1.807, 2.05) is 20.8 Å². The van der Waals surface area contributed by atoms with Crippen molar-refractivity contribution in [2.45, 2.75) is 45.3 Å². The van der Waals surface area contributed by atoms with Crippen molar-refractivity contribution in [3.63, 3.8) is 0 Å². The number of ether oxygens (including phenoxy) is 1. The number of carbonyl (C=O) groups excluding carboxylic acids is 1. The van der Waals surface area contributed by atoms with E-state index in [0.717, 1.165) is 6.42 Å². The van der Waals surface area contributed by atoms with E-state index in [2.05, 4.69) is 0 Å². The Morgan fingerprint density at radius 3 is 2.41 bits per heavy atom. The molecular weight excluding hydrogens is 222 g/mol. The predicted molar refractivity (Wildman–Crippen MR) is 63.6 cm³/mol. The van der Waals surface area contributed by atoms with Gasteiger partial charge in [0.1, 0.15) is 5.60 Å². The van der Waals surface area contributed by atoms with E-state index >= 15 is 0 Å². The van der Waals surface area contributed by atoms with Gasteiger partial charge in [-0.05, 0) is 39.5 Å². The monoisotopic (exact) mass is 245 g/mol. The third-order valence-corrected chi connectivity index (χ3v) is 2.90. The van der Waals surface area contributed by atoms with Crippen LogP contribution in [0.4, 0.5) is 4.79 Å². The van der Waals surface area contributed by atoms with Gasteiger partial charge >= 0.3 is 6.09 Å². The zero-order valence-electron chi connectivity index (χ0n) is 10.8. The maximum absolute atomic E-state index is 12.0. The number of amides is 1. The van der Waals surface area contributed by atoms with Gasteiger partial charge in [-0.15, -0.1) is 0 Å². The third kappa shape index (κ3) is 4.16. The first-order chi connectivity index (χ1) is 7.87. The minimum Gasteiger partial charge on any atom is -0.444 e. The normalized spacial score (nSPS) is 25.8. The molecule has 0 radical (unpaired) electrons. The molecule has 2 N–H and O–H groups in total. The largest absolute Gasteiger partial charge is 0.444 e. The van der Waals surface area contributed by atoms with Gasteiger partial charge < -0.3 is 19.8 Å². The number of rotatable bonds is 2. The molecule has 1 heterocycles. The first kappa shape index (κ1) is 14.3. The van der Waals surface area contributed by atoms with Crippen LogP contribution in [-0.2, 0) is 4.74 Å². The summed E-state index contributed by atoms with van der Waals surface area (Å²) >= 11 is 0. The first-order valence-electron chi connectivity index (χ1n) is 6.08. The van der Waals surface area contributed by atoms with Crippen LogP contribution in [0.2, 0.25) is 0 Å². The molecule has 0 aromatic heterocycles. The van der Waals surface area contributed by atoms with E-state index in [0.29, 0.717) is 13.0 Å². The van der Waals surface area contributed by atoms with E-state index in [1.54, 1.807) is 0 Å². The maximum Gasteiger partial charge on any atom is 0.410 e. The SMILES string of the molecule is CC(C)(C)OC(=O)N1CC(CO)CCC1CO. The standard InChI is InChI=1S/C12H23NO4/c1-12(2,3)17-11(16)13-6-9(7-14)4-5-10(13)8-15/h9-10,14-15H,4-8H2,1-3H3. The van der Waals surface area contributed by atoms with Crippen LogP contribution in [-0.4, -0.2) is 52.6 Å². The van der Waals surface area contributed by atoms with Crippen molar-refractivity contribution in [2.24, 2.45) is 5.92 Å². The lowest BCUT2D eigenvalue weighted by Crippen LogP contribution is -2.50. The molecule has 5 heteroatoms. The van der Waals surface area contributed by atoms with Crippen molar-refractivity contribution in [3.8, 4) is 0 Å². The van der Waals surface area contributed by atoms with Gasteiger partial charge in [0.05, 0.1) is 12.6 Å². The van der Waals surface area contributed by atoms with Crippen LogP contribution in [0.25, 0.3) is 0 Å². The van der Waals surface area contributed by atoms with Crippen LogP contribution in [0.5, 0.6) is 0 Å². The fourth-order valence-electron chi connectivity index (χ4n) is 1.99. The van der Waals surface area contributed by atoms with Gasteiger partial charge in [-0.25, -0.2) is 4.79 Å². The lowest BCUT2D eigenvalue weighted by Gasteiger charge is -2.38. The molecule has 1 fully saturated rings. The zero-order valence-corrected chi connectivity index (χ0v) is 10.8. The van der Waals surface area contributed by atoms with E-state index in [-0.39, 0.29) is 25.2 Å².